The summed E-state index contributed by atoms with van der Waals surface area (Å²) in [6, 6.07) is 0.167. The molecule has 2 unspecified atom stereocenters. The van der Waals surface area contributed by atoms with E-state index in [1.165, 1.54) is 0 Å². The number of hydrogen-bond acceptors (Lipinski definition) is 2. The van der Waals surface area contributed by atoms with Gasteiger partial charge in [-0.1, -0.05) is 0 Å². The van der Waals surface area contributed by atoms with Crippen molar-refractivity contribution in [3.05, 3.63) is 0 Å². The standard InChI is InChI=1S/C6H13NOS/c1-6(2)3-5(7)4-9(6)8/h5H,3-4,7H2,1-2H3. The van der Waals surface area contributed by atoms with Crippen molar-refractivity contribution in [3.8, 4) is 0 Å². The number of hydrogen-bond donors (Lipinski definition) is 1. The average Bonchev–Trinajstić information content (AvgIpc) is 1.79. The van der Waals surface area contributed by atoms with Crippen molar-refractivity contribution < 1.29 is 4.55 Å². The van der Waals surface area contributed by atoms with Crippen LogP contribution in [0.1, 0.15) is 20.3 Å². The van der Waals surface area contributed by atoms with E-state index in [4.69, 9.17) is 5.73 Å². The molecule has 0 radical (unpaired) electrons. The van der Waals surface area contributed by atoms with Crippen LogP contribution < -0.4 is 5.73 Å². The first-order valence-electron chi connectivity index (χ1n) is 3.16. The molecular weight excluding hydrogens is 134 g/mol. The molecule has 2 atom stereocenters. The molecular formula is C6H13NOS. The molecule has 0 bridgehead atoms. The summed E-state index contributed by atoms with van der Waals surface area (Å²) in [6.07, 6.45) is 0.902. The SMILES string of the molecule is CC1(C)CC(N)C[S+]1[O-]. The van der Waals surface area contributed by atoms with Crippen molar-refractivity contribution >= 4 is 11.2 Å². The first-order chi connectivity index (χ1) is 4.02. The fourth-order valence-corrected chi connectivity index (χ4v) is 2.56. The Kier molecular flexibility index (Phi) is 1.76. The molecule has 2 N–H and O–H groups in total. The lowest BCUT2D eigenvalue weighted by molar-refractivity contribution is 0.548. The second-order valence-corrected chi connectivity index (χ2v) is 5.37. The summed E-state index contributed by atoms with van der Waals surface area (Å²) in [7, 11) is 0. The first kappa shape index (κ1) is 7.38. The van der Waals surface area contributed by atoms with Gasteiger partial charge in [0.25, 0.3) is 0 Å². The maximum Gasteiger partial charge on any atom is 0.121 e. The molecule has 0 aromatic heterocycles. The van der Waals surface area contributed by atoms with Gasteiger partial charge in [-0.25, -0.2) is 0 Å². The zero-order valence-corrected chi connectivity index (χ0v) is 6.70. The van der Waals surface area contributed by atoms with Crippen molar-refractivity contribution in [2.45, 2.75) is 31.1 Å². The maximum absolute atomic E-state index is 11.1. The minimum absolute atomic E-state index is 0.0284. The highest BCUT2D eigenvalue weighted by Crippen LogP contribution is 2.30. The molecule has 0 aliphatic carbocycles. The van der Waals surface area contributed by atoms with Crippen LogP contribution in [0.4, 0.5) is 0 Å². The van der Waals surface area contributed by atoms with Gasteiger partial charge in [0.2, 0.25) is 0 Å². The zero-order chi connectivity index (χ0) is 7.07. The van der Waals surface area contributed by atoms with Crippen molar-refractivity contribution in [2.24, 2.45) is 5.73 Å². The Morgan fingerprint density at radius 1 is 1.67 bits per heavy atom. The molecule has 9 heavy (non-hydrogen) atoms. The molecule has 2 nitrogen and oxygen atoms in total. The van der Waals surface area contributed by atoms with Crippen LogP contribution in [0, 0.1) is 0 Å². The molecule has 54 valence electrons. The molecule has 1 rings (SSSR count). The van der Waals surface area contributed by atoms with E-state index >= 15 is 0 Å². The fourth-order valence-electron chi connectivity index (χ4n) is 1.20. The van der Waals surface area contributed by atoms with Crippen molar-refractivity contribution in [3.63, 3.8) is 0 Å². The highest BCUT2D eigenvalue weighted by atomic mass is 32.2. The molecule has 1 fully saturated rings. The van der Waals surface area contributed by atoms with E-state index in [1.807, 2.05) is 13.8 Å². The van der Waals surface area contributed by atoms with Gasteiger partial charge in [-0.05, 0) is 25.0 Å². The first-order valence-corrected chi connectivity index (χ1v) is 4.48. The van der Waals surface area contributed by atoms with Crippen LogP contribution >= 0.6 is 0 Å². The van der Waals surface area contributed by atoms with E-state index in [9.17, 15) is 4.55 Å². The van der Waals surface area contributed by atoms with Crippen LogP contribution in [-0.2, 0) is 11.2 Å². The summed E-state index contributed by atoms with van der Waals surface area (Å²) in [5.74, 6) is 0.688. The molecule has 0 saturated carbocycles. The average molecular weight is 147 g/mol. The minimum Gasteiger partial charge on any atom is -0.616 e. The van der Waals surface area contributed by atoms with Gasteiger partial charge in [-0.3, -0.25) is 0 Å². The minimum atomic E-state index is -0.688. The highest BCUT2D eigenvalue weighted by molar-refractivity contribution is 7.93. The van der Waals surface area contributed by atoms with Gasteiger partial charge in [0.15, 0.2) is 0 Å². The van der Waals surface area contributed by atoms with Crippen LogP contribution in [0.2, 0.25) is 0 Å². The van der Waals surface area contributed by atoms with Crippen LogP contribution in [0.15, 0.2) is 0 Å². The van der Waals surface area contributed by atoms with Gasteiger partial charge < -0.3 is 10.3 Å². The Balaban J connectivity index is 2.58. The Labute approximate surface area is 59.0 Å². The third-order valence-electron chi connectivity index (χ3n) is 1.74. The van der Waals surface area contributed by atoms with E-state index in [2.05, 4.69) is 0 Å². The van der Waals surface area contributed by atoms with Crippen LogP contribution in [0.25, 0.3) is 0 Å². The summed E-state index contributed by atoms with van der Waals surface area (Å²) >= 11 is -0.688. The molecule has 0 spiro atoms. The topological polar surface area (TPSA) is 49.1 Å². The van der Waals surface area contributed by atoms with E-state index in [1.54, 1.807) is 0 Å². The number of rotatable bonds is 0. The normalized spacial score (nSPS) is 41.3. The summed E-state index contributed by atoms with van der Waals surface area (Å²) in [5.41, 5.74) is 5.61. The Morgan fingerprint density at radius 3 is 2.33 bits per heavy atom. The number of nitrogens with two attached hydrogens (primary N) is 1. The lowest BCUT2D eigenvalue weighted by atomic mass is 10.1. The van der Waals surface area contributed by atoms with Crippen molar-refractivity contribution in [2.75, 3.05) is 5.75 Å². The van der Waals surface area contributed by atoms with Crippen molar-refractivity contribution in [1.82, 2.24) is 0 Å². The zero-order valence-electron chi connectivity index (χ0n) is 5.89. The van der Waals surface area contributed by atoms with E-state index in [-0.39, 0.29) is 10.8 Å². The summed E-state index contributed by atoms with van der Waals surface area (Å²) in [6.45, 7) is 4.02. The maximum atomic E-state index is 11.1. The van der Waals surface area contributed by atoms with E-state index in [0.29, 0.717) is 5.75 Å². The van der Waals surface area contributed by atoms with Gasteiger partial charge >= 0.3 is 0 Å². The Hall–Kier alpha value is 0.270. The molecule has 1 saturated heterocycles. The monoisotopic (exact) mass is 147 g/mol. The lowest BCUT2D eigenvalue weighted by Crippen LogP contribution is -2.26. The molecule has 0 amide bonds. The predicted octanol–water partition coefficient (Wildman–Crippen LogP) is 0.245. The van der Waals surface area contributed by atoms with Gasteiger partial charge in [0.1, 0.15) is 10.5 Å². The molecule has 1 aliphatic rings. The van der Waals surface area contributed by atoms with Gasteiger partial charge in [0, 0.05) is 6.42 Å². The third-order valence-corrected chi connectivity index (χ3v) is 3.87. The summed E-state index contributed by atoms with van der Waals surface area (Å²) in [4.78, 5) is 0. The van der Waals surface area contributed by atoms with Crippen molar-refractivity contribution in [1.29, 1.82) is 0 Å². The van der Waals surface area contributed by atoms with Gasteiger partial charge in [-0.15, -0.1) is 0 Å². The van der Waals surface area contributed by atoms with Gasteiger partial charge in [-0.2, -0.15) is 0 Å². The Bertz CT molecular complexity index is 116. The molecule has 0 aromatic carbocycles. The predicted molar refractivity (Wildman–Crippen MR) is 39.7 cm³/mol. The van der Waals surface area contributed by atoms with Crippen LogP contribution in [0.3, 0.4) is 0 Å². The molecule has 1 heterocycles. The van der Waals surface area contributed by atoms with E-state index in [0.717, 1.165) is 6.42 Å². The second-order valence-electron chi connectivity index (χ2n) is 3.24. The molecule has 0 aromatic rings. The third kappa shape index (κ3) is 1.39. The summed E-state index contributed by atoms with van der Waals surface area (Å²) in [5, 5.41) is 0. The second kappa shape index (κ2) is 2.15. The van der Waals surface area contributed by atoms with Crippen LogP contribution in [-0.4, -0.2) is 21.1 Å². The molecule has 1 aliphatic heterocycles. The smallest absolute Gasteiger partial charge is 0.121 e. The quantitative estimate of drug-likeness (QED) is 0.499. The highest BCUT2D eigenvalue weighted by Gasteiger charge is 2.41. The molecule has 3 heteroatoms. The fraction of sp³-hybridized carbons (Fsp3) is 1.00. The summed E-state index contributed by atoms with van der Waals surface area (Å²) < 4.78 is 11.1. The lowest BCUT2D eigenvalue weighted by Gasteiger charge is -2.19. The van der Waals surface area contributed by atoms with E-state index < -0.39 is 11.2 Å². The Morgan fingerprint density at radius 2 is 2.22 bits per heavy atom. The van der Waals surface area contributed by atoms with Crippen LogP contribution in [0.5, 0.6) is 0 Å². The largest absolute Gasteiger partial charge is 0.616 e. The van der Waals surface area contributed by atoms with Gasteiger partial charge in [0.05, 0.1) is 6.04 Å².